The van der Waals surface area contributed by atoms with Crippen LogP contribution in [0, 0.1) is 13.8 Å². The average Bonchev–Trinajstić information content (AvgIpc) is 2.79. The van der Waals surface area contributed by atoms with Gasteiger partial charge >= 0.3 is 0 Å². The average molecular weight is 505 g/mol. The number of aryl methyl sites for hydroxylation is 2. The Kier molecular flexibility index (Phi) is 9.66. The maximum Gasteiger partial charge on any atom is 0.261 e. The Bertz CT molecular complexity index is 985. The first-order chi connectivity index (χ1) is 16.3. The normalized spacial score (nSPS) is 15.0. The maximum absolute atomic E-state index is 13.4. The fraction of sp³-hybridized carbons (Fsp3) is 0.481. The third kappa shape index (κ3) is 7.38. The molecule has 0 spiro atoms. The van der Waals surface area contributed by atoms with Gasteiger partial charge in [-0.2, -0.15) is 0 Å². The van der Waals surface area contributed by atoms with Crippen molar-refractivity contribution in [2.45, 2.75) is 77.9 Å². The molecule has 184 valence electrons. The van der Waals surface area contributed by atoms with Crippen LogP contribution in [-0.4, -0.2) is 35.4 Å². The minimum Gasteiger partial charge on any atom is -0.484 e. The number of carbonyl (C=O) groups is 2. The Morgan fingerprint density at radius 2 is 1.71 bits per heavy atom. The molecular weight excluding hydrogens is 471 g/mol. The molecule has 0 aromatic heterocycles. The Morgan fingerprint density at radius 1 is 1.03 bits per heavy atom. The van der Waals surface area contributed by atoms with E-state index < -0.39 is 6.04 Å². The van der Waals surface area contributed by atoms with Gasteiger partial charge in [0.05, 0.1) is 10.0 Å². The standard InChI is InChI=1S/C27H34Cl2N2O3/c1-4-25(27(33)30-21-8-6-5-7-9-21)31(16-20-10-11-23(28)24(29)15-20)26(32)17-34-22-13-18(2)12-19(3)14-22/h10-15,21,25H,4-9,16-17H2,1-3H3,(H,30,33)/t25-/m1/s1. The van der Waals surface area contributed by atoms with Crippen molar-refractivity contribution < 1.29 is 14.3 Å². The Hall–Kier alpha value is -2.24. The summed E-state index contributed by atoms with van der Waals surface area (Å²) >= 11 is 12.3. The molecule has 1 aliphatic rings. The van der Waals surface area contributed by atoms with Gasteiger partial charge in [-0.05, 0) is 74.1 Å². The minimum atomic E-state index is -0.605. The van der Waals surface area contributed by atoms with Crippen LogP contribution in [-0.2, 0) is 16.1 Å². The largest absolute Gasteiger partial charge is 0.484 e. The highest BCUT2D eigenvalue weighted by molar-refractivity contribution is 6.42. The van der Waals surface area contributed by atoms with Gasteiger partial charge in [-0.25, -0.2) is 0 Å². The van der Waals surface area contributed by atoms with E-state index in [-0.39, 0.29) is 31.0 Å². The van der Waals surface area contributed by atoms with E-state index in [0.717, 1.165) is 42.4 Å². The quantitative estimate of drug-likeness (QED) is 0.439. The summed E-state index contributed by atoms with van der Waals surface area (Å²) in [5, 5.41) is 4.04. The molecule has 1 atom stereocenters. The van der Waals surface area contributed by atoms with Crippen LogP contribution >= 0.6 is 23.2 Å². The number of benzene rings is 2. The first kappa shape index (κ1) is 26.4. The highest BCUT2D eigenvalue weighted by atomic mass is 35.5. The van der Waals surface area contributed by atoms with Gasteiger partial charge in [0.15, 0.2) is 6.61 Å². The van der Waals surface area contributed by atoms with Crippen LogP contribution in [0.15, 0.2) is 36.4 Å². The second-order valence-corrected chi connectivity index (χ2v) is 9.96. The van der Waals surface area contributed by atoms with Crippen LogP contribution in [0.4, 0.5) is 0 Å². The molecule has 2 aromatic carbocycles. The van der Waals surface area contributed by atoms with E-state index in [2.05, 4.69) is 5.32 Å². The van der Waals surface area contributed by atoms with E-state index in [1.54, 1.807) is 17.0 Å². The van der Waals surface area contributed by atoms with Crippen LogP contribution in [0.25, 0.3) is 0 Å². The van der Waals surface area contributed by atoms with Crippen molar-refractivity contribution in [3.8, 4) is 5.75 Å². The summed E-state index contributed by atoms with van der Waals surface area (Å²) in [5.41, 5.74) is 2.93. The summed E-state index contributed by atoms with van der Waals surface area (Å²) in [6.07, 6.45) is 5.92. The molecule has 1 N–H and O–H groups in total. The predicted molar refractivity (Wildman–Crippen MR) is 138 cm³/mol. The molecule has 1 fully saturated rings. The fourth-order valence-corrected chi connectivity index (χ4v) is 4.86. The zero-order chi connectivity index (χ0) is 24.7. The molecule has 34 heavy (non-hydrogen) atoms. The number of nitrogens with one attached hydrogen (secondary N) is 1. The van der Waals surface area contributed by atoms with Crippen molar-refractivity contribution in [3.63, 3.8) is 0 Å². The number of rotatable bonds is 9. The second kappa shape index (κ2) is 12.5. The van der Waals surface area contributed by atoms with E-state index in [9.17, 15) is 9.59 Å². The minimum absolute atomic E-state index is 0.116. The van der Waals surface area contributed by atoms with Crippen molar-refractivity contribution in [3.05, 3.63) is 63.1 Å². The molecular formula is C27H34Cl2N2O3. The molecule has 7 heteroatoms. The van der Waals surface area contributed by atoms with Crippen LogP contribution in [0.2, 0.25) is 10.0 Å². The van der Waals surface area contributed by atoms with Crippen LogP contribution in [0.1, 0.15) is 62.1 Å². The summed E-state index contributed by atoms with van der Waals surface area (Å²) in [6.45, 7) is 5.98. The monoisotopic (exact) mass is 504 g/mol. The molecule has 1 aliphatic carbocycles. The van der Waals surface area contributed by atoms with Gasteiger partial charge < -0.3 is 15.0 Å². The summed E-state index contributed by atoms with van der Waals surface area (Å²) in [7, 11) is 0. The predicted octanol–water partition coefficient (Wildman–Crippen LogP) is 6.25. The highest BCUT2D eigenvalue weighted by Crippen LogP contribution is 2.25. The summed E-state index contributed by atoms with van der Waals surface area (Å²) < 4.78 is 5.85. The third-order valence-electron chi connectivity index (χ3n) is 6.23. The molecule has 0 unspecified atom stereocenters. The van der Waals surface area contributed by atoms with Crippen molar-refractivity contribution in [1.29, 1.82) is 0 Å². The molecule has 0 heterocycles. The number of nitrogens with zero attached hydrogens (tertiary/aromatic N) is 1. The highest BCUT2D eigenvalue weighted by Gasteiger charge is 2.30. The zero-order valence-corrected chi connectivity index (χ0v) is 21.7. The first-order valence-electron chi connectivity index (χ1n) is 12.0. The number of hydrogen-bond acceptors (Lipinski definition) is 3. The summed E-state index contributed by atoms with van der Waals surface area (Å²) in [4.78, 5) is 28.3. The van der Waals surface area contributed by atoms with Crippen molar-refractivity contribution in [2.24, 2.45) is 0 Å². The van der Waals surface area contributed by atoms with E-state index in [1.165, 1.54) is 6.42 Å². The van der Waals surface area contributed by atoms with E-state index in [4.69, 9.17) is 27.9 Å². The third-order valence-corrected chi connectivity index (χ3v) is 6.97. The van der Waals surface area contributed by atoms with E-state index in [1.807, 2.05) is 45.0 Å². The number of hydrogen-bond donors (Lipinski definition) is 1. The van der Waals surface area contributed by atoms with Crippen molar-refractivity contribution in [1.82, 2.24) is 10.2 Å². The molecule has 0 aliphatic heterocycles. The zero-order valence-electron chi connectivity index (χ0n) is 20.2. The summed E-state index contributed by atoms with van der Waals surface area (Å²) in [5.74, 6) is 0.269. The lowest BCUT2D eigenvalue weighted by molar-refractivity contribution is -0.143. The Labute approximate surface area is 212 Å². The van der Waals surface area contributed by atoms with E-state index in [0.29, 0.717) is 22.2 Å². The molecule has 3 rings (SSSR count). The number of halogens is 2. The van der Waals surface area contributed by atoms with Crippen molar-refractivity contribution in [2.75, 3.05) is 6.61 Å². The second-order valence-electron chi connectivity index (χ2n) is 9.15. The lowest BCUT2D eigenvalue weighted by Crippen LogP contribution is -2.52. The topological polar surface area (TPSA) is 58.6 Å². The smallest absolute Gasteiger partial charge is 0.261 e. The fourth-order valence-electron chi connectivity index (χ4n) is 4.54. The Balaban J connectivity index is 1.79. The van der Waals surface area contributed by atoms with Gasteiger partial charge in [0.1, 0.15) is 11.8 Å². The number of amides is 2. The van der Waals surface area contributed by atoms with Crippen LogP contribution < -0.4 is 10.1 Å². The molecule has 5 nitrogen and oxygen atoms in total. The number of ether oxygens (including phenoxy) is 1. The van der Waals surface area contributed by atoms with Crippen LogP contribution in [0.3, 0.4) is 0 Å². The maximum atomic E-state index is 13.4. The van der Waals surface area contributed by atoms with Gasteiger partial charge in [0.2, 0.25) is 5.91 Å². The van der Waals surface area contributed by atoms with Crippen LogP contribution in [0.5, 0.6) is 5.75 Å². The molecule has 0 radical (unpaired) electrons. The van der Waals surface area contributed by atoms with Gasteiger partial charge in [-0.3, -0.25) is 9.59 Å². The summed E-state index contributed by atoms with van der Waals surface area (Å²) in [6, 6.07) is 10.7. The van der Waals surface area contributed by atoms with Gasteiger partial charge in [-0.15, -0.1) is 0 Å². The van der Waals surface area contributed by atoms with Crippen molar-refractivity contribution >= 4 is 35.0 Å². The van der Waals surface area contributed by atoms with E-state index >= 15 is 0 Å². The Morgan fingerprint density at radius 3 is 2.32 bits per heavy atom. The van der Waals surface area contributed by atoms with Gasteiger partial charge in [0.25, 0.3) is 5.91 Å². The van der Waals surface area contributed by atoms with Gasteiger partial charge in [0, 0.05) is 12.6 Å². The lowest BCUT2D eigenvalue weighted by atomic mass is 9.95. The molecule has 1 saturated carbocycles. The first-order valence-corrected chi connectivity index (χ1v) is 12.8. The molecule has 2 aromatic rings. The molecule has 0 bridgehead atoms. The molecule has 2 amide bonds. The van der Waals surface area contributed by atoms with Gasteiger partial charge in [-0.1, -0.05) is 61.5 Å². The lowest BCUT2D eigenvalue weighted by Gasteiger charge is -2.32. The molecule has 0 saturated heterocycles. The number of carbonyl (C=O) groups excluding carboxylic acids is 2. The SMILES string of the molecule is CC[C@H](C(=O)NC1CCCCC1)N(Cc1ccc(Cl)c(Cl)c1)C(=O)COc1cc(C)cc(C)c1.